The third kappa shape index (κ3) is 3.92. The summed E-state index contributed by atoms with van der Waals surface area (Å²) in [5.74, 6) is -0.344. The minimum absolute atomic E-state index is 0.0457. The monoisotopic (exact) mass is 288 g/mol. The van der Waals surface area contributed by atoms with Crippen LogP contribution in [0, 0.1) is 0 Å². The number of amidine groups is 1. The molecule has 0 saturated carbocycles. The highest BCUT2D eigenvalue weighted by Gasteiger charge is 2.29. The van der Waals surface area contributed by atoms with Gasteiger partial charge in [-0.1, -0.05) is 5.16 Å². The lowest BCUT2D eigenvalue weighted by atomic mass is 10.3. The fraction of sp³-hybridized carbons (Fsp3) is 0.400. The molecular weight excluding hydrogens is 271 g/mol. The molecule has 19 heavy (non-hydrogen) atoms. The normalized spacial score (nSPS) is 15.3. The molecule has 0 fully saturated rings. The lowest BCUT2D eigenvalue weighted by molar-refractivity contribution is 0.183. The number of pyridine rings is 1. The maximum Gasteiger partial charge on any atom is 0.480 e. The quantitative estimate of drug-likeness (QED) is 0.349. The van der Waals surface area contributed by atoms with E-state index >= 15 is 0 Å². The molecule has 0 aliphatic rings. The molecule has 9 heteroatoms. The van der Waals surface area contributed by atoms with Crippen molar-refractivity contribution >= 4 is 13.6 Å². The van der Waals surface area contributed by atoms with Gasteiger partial charge in [0.25, 0.3) is 0 Å². The maximum atomic E-state index is 12.2. The van der Waals surface area contributed by atoms with Gasteiger partial charge in [0.2, 0.25) is 0 Å². The number of hydrogen-bond donors (Lipinski definition) is 2. The molecule has 106 valence electrons. The molecule has 0 bridgehead atoms. The standard InChI is InChI=1S/C10H17N4O4P/c1-4-17-19(16,14(2)3)18-13-10(11)9-8(15)6-5-7-12-9/h5-7,15H,4H2,1-3H3,(H2,11,13). The predicted molar refractivity (Wildman–Crippen MR) is 70.6 cm³/mol. The van der Waals surface area contributed by atoms with Crippen LogP contribution < -0.4 is 5.73 Å². The Morgan fingerprint density at radius 2 is 2.32 bits per heavy atom. The lowest BCUT2D eigenvalue weighted by Crippen LogP contribution is -2.17. The van der Waals surface area contributed by atoms with E-state index in [9.17, 15) is 9.67 Å². The van der Waals surface area contributed by atoms with Crippen molar-refractivity contribution in [1.29, 1.82) is 0 Å². The van der Waals surface area contributed by atoms with Crippen molar-refractivity contribution in [2.45, 2.75) is 6.92 Å². The highest BCUT2D eigenvalue weighted by atomic mass is 31.2. The van der Waals surface area contributed by atoms with Crippen LogP contribution in [0.15, 0.2) is 23.5 Å². The maximum absolute atomic E-state index is 12.2. The first kappa shape index (κ1) is 15.4. The van der Waals surface area contributed by atoms with Crippen molar-refractivity contribution in [3.63, 3.8) is 0 Å². The number of rotatable bonds is 6. The zero-order valence-corrected chi connectivity index (χ0v) is 11.9. The van der Waals surface area contributed by atoms with Crippen LogP contribution in [0.4, 0.5) is 0 Å². The Morgan fingerprint density at radius 3 is 2.84 bits per heavy atom. The first-order chi connectivity index (χ1) is 8.90. The number of oxime groups is 1. The second kappa shape index (κ2) is 6.51. The summed E-state index contributed by atoms with van der Waals surface area (Å²) in [7, 11) is -0.468. The predicted octanol–water partition coefficient (Wildman–Crippen LogP) is 1.13. The number of aromatic nitrogens is 1. The van der Waals surface area contributed by atoms with Crippen LogP contribution in [0.25, 0.3) is 0 Å². The first-order valence-electron chi connectivity index (χ1n) is 5.49. The second-order valence-electron chi connectivity index (χ2n) is 3.66. The summed E-state index contributed by atoms with van der Waals surface area (Å²) in [5, 5.41) is 13.0. The van der Waals surface area contributed by atoms with E-state index < -0.39 is 7.75 Å². The summed E-state index contributed by atoms with van der Waals surface area (Å²) in [5.41, 5.74) is 5.65. The van der Waals surface area contributed by atoms with Gasteiger partial charge < -0.3 is 10.8 Å². The molecule has 0 spiro atoms. The summed E-state index contributed by atoms with van der Waals surface area (Å²) in [4.78, 5) is 3.84. The van der Waals surface area contributed by atoms with Gasteiger partial charge in [-0.3, -0.25) is 9.15 Å². The molecule has 1 atom stereocenters. The number of hydrogen-bond acceptors (Lipinski definition) is 6. The van der Waals surface area contributed by atoms with E-state index in [1.165, 1.54) is 37.1 Å². The smallest absolute Gasteiger partial charge is 0.480 e. The fourth-order valence-electron chi connectivity index (χ4n) is 1.11. The minimum Gasteiger partial charge on any atom is -0.506 e. The number of aromatic hydroxyl groups is 1. The zero-order chi connectivity index (χ0) is 14.5. The molecule has 3 N–H and O–H groups in total. The van der Waals surface area contributed by atoms with Gasteiger partial charge >= 0.3 is 7.75 Å². The Kier molecular flexibility index (Phi) is 5.29. The molecule has 8 nitrogen and oxygen atoms in total. The van der Waals surface area contributed by atoms with Gasteiger partial charge in [-0.15, -0.1) is 0 Å². The summed E-state index contributed by atoms with van der Waals surface area (Å²) in [6, 6.07) is 2.94. The van der Waals surface area contributed by atoms with Crippen LogP contribution in [-0.4, -0.2) is 41.3 Å². The van der Waals surface area contributed by atoms with Crippen LogP contribution in [0.3, 0.4) is 0 Å². The molecule has 1 aromatic rings. The molecule has 1 heterocycles. The Hall–Kier alpha value is -1.63. The van der Waals surface area contributed by atoms with Crippen LogP contribution in [0.5, 0.6) is 5.75 Å². The minimum atomic E-state index is -3.52. The summed E-state index contributed by atoms with van der Waals surface area (Å²) < 4.78 is 23.3. The summed E-state index contributed by atoms with van der Waals surface area (Å²) >= 11 is 0. The highest BCUT2D eigenvalue weighted by Crippen LogP contribution is 2.50. The molecular formula is C10H17N4O4P. The Morgan fingerprint density at radius 1 is 1.63 bits per heavy atom. The number of nitrogens with zero attached hydrogens (tertiary/aromatic N) is 3. The van der Waals surface area contributed by atoms with E-state index in [-0.39, 0.29) is 23.9 Å². The highest BCUT2D eigenvalue weighted by molar-refractivity contribution is 7.51. The first-order valence-corrected chi connectivity index (χ1v) is 6.99. The number of nitrogens with two attached hydrogens (primary N) is 1. The Labute approximate surface area is 111 Å². The molecule has 0 amide bonds. The van der Waals surface area contributed by atoms with Crippen molar-refractivity contribution in [3.8, 4) is 5.75 Å². The average Bonchev–Trinajstić information content (AvgIpc) is 2.36. The van der Waals surface area contributed by atoms with E-state index in [2.05, 4.69) is 10.1 Å². The van der Waals surface area contributed by atoms with E-state index in [1.54, 1.807) is 6.92 Å². The molecule has 0 aromatic carbocycles. The van der Waals surface area contributed by atoms with Gasteiger partial charge in [0, 0.05) is 6.20 Å². The molecule has 0 aliphatic heterocycles. The molecule has 1 rings (SSSR count). The molecule has 1 unspecified atom stereocenters. The van der Waals surface area contributed by atoms with E-state index in [0.717, 1.165) is 0 Å². The largest absolute Gasteiger partial charge is 0.506 e. The van der Waals surface area contributed by atoms with Crippen molar-refractivity contribution in [2.24, 2.45) is 10.9 Å². The van der Waals surface area contributed by atoms with Crippen LogP contribution in [-0.2, 0) is 13.7 Å². The van der Waals surface area contributed by atoms with Gasteiger partial charge in [-0.05, 0) is 33.2 Å². The van der Waals surface area contributed by atoms with Crippen molar-refractivity contribution in [1.82, 2.24) is 9.65 Å². The van der Waals surface area contributed by atoms with Crippen LogP contribution in [0.1, 0.15) is 12.6 Å². The van der Waals surface area contributed by atoms with Gasteiger partial charge in [-0.2, -0.15) is 0 Å². The van der Waals surface area contributed by atoms with Crippen molar-refractivity contribution in [3.05, 3.63) is 24.0 Å². The SMILES string of the molecule is CCOP(=O)(O/N=C(\N)c1ncccc1O)N(C)C. The fourth-order valence-corrected chi connectivity index (χ4v) is 2.05. The van der Waals surface area contributed by atoms with Gasteiger partial charge in [0.15, 0.2) is 11.5 Å². The summed E-state index contributed by atoms with van der Waals surface area (Å²) in [6.45, 7) is 1.87. The third-order valence-electron chi connectivity index (χ3n) is 2.05. The topological polar surface area (TPSA) is 110 Å². The zero-order valence-electron chi connectivity index (χ0n) is 11.0. The van der Waals surface area contributed by atoms with Crippen LogP contribution >= 0.6 is 7.75 Å². The second-order valence-corrected chi connectivity index (χ2v) is 5.82. The molecule has 0 saturated heterocycles. The van der Waals surface area contributed by atoms with E-state index in [0.29, 0.717) is 0 Å². The summed E-state index contributed by atoms with van der Waals surface area (Å²) in [6.07, 6.45) is 1.44. The Balaban J connectivity index is 2.91. The van der Waals surface area contributed by atoms with Crippen LogP contribution in [0.2, 0.25) is 0 Å². The third-order valence-corrected chi connectivity index (χ3v) is 3.91. The van der Waals surface area contributed by atoms with Crippen molar-refractivity contribution < 1.29 is 18.8 Å². The lowest BCUT2D eigenvalue weighted by Gasteiger charge is -2.20. The van der Waals surface area contributed by atoms with Crippen molar-refractivity contribution in [2.75, 3.05) is 20.7 Å². The van der Waals surface area contributed by atoms with Gasteiger partial charge in [-0.25, -0.2) is 14.2 Å². The molecule has 1 aromatic heterocycles. The van der Waals surface area contributed by atoms with Gasteiger partial charge in [0.1, 0.15) is 5.75 Å². The average molecular weight is 288 g/mol. The molecule has 0 radical (unpaired) electrons. The molecule has 0 aliphatic carbocycles. The van der Waals surface area contributed by atoms with E-state index in [4.69, 9.17) is 14.9 Å². The Bertz CT molecular complexity index is 506. The van der Waals surface area contributed by atoms with E-state index in [1.807, 2.05) is 0 Å². The van der Waals surface area contributed by atoms with Gasteiger partial charge in [0.05, 0.1) is 6.61 Å².